The van der Waals surface area contributed by atoms with Crippen LogP contribution in [-0.2, 0) is 6.54 Å². The lowest BCUT2D eigenvalue weighted by molar-refractivity contribution is 0.518. The van der Waals surface area contributed by atoms with Crippen LogP contribution in [0.1, 0.15) is 29.7 Å². The monoisotopic (exact) mass is 272 g/mol. The molecule has 0 unspecified atom stereocenters. The largest absolute Gasteiger partial charge is 0.306 e. The summed E-state index contributed by atoms with van der Waals surface area (Å²) in [5, 5.41) is 11.9. The number of benzene rings is 2. The molecule has 0 saturated carbocycles. The maximum atomic E-state index is 13.6. The lowest BCUT2D eigenvalue weighted by Gasteiger charge is -2.15. The Bertz CT molecular complexity index is 630. The van der Waals surface area contributed by atoms with E-state index in [1.807, 2.05) is 19.1 Å². The van der Waals surface area contributed by atoms with Gasteiger partial charge in [-0.3, -0.25) is 0 Å². The van der Waals surface area contributed by atoms with Crippen molar-refractivity contribution >= 4 is 0 Å². The second-order valence-corrected chi connectivity index (χ2v) is 4.58. The van der Waals surface area contributed by atoms with Crippen molar-refractivity contribution in [3.8, 4) is 6.07 Å². The van der Waals surface area contributed by atoms with Crippen molar-refractivity contribution in [1.29, 1.82) is 5.26 Å². The molecule has 0 heterocycles. The van der Waals surface area contributed by atoms with Gasteiger partial charge in [0.25, 0.3) is 0 Å². The maximum Gasteiger partial charge on any atom is 0.130 e. The Morgan fingerprint density at radius 3 is 2.45 bits per heavy atom. The molecule has 1 atom stereocenters. The molecule has 4 heteroatoms. The summed E-state index contributed by atoms with van der Waals surface area (Å²) >= 11 is 0. The standard InChI is InChI=1S/C16H14F2N2/c1-11(15-7-6-14(17)8-16(15)18)20-10-13-4-2-12(9-19)3-5-13/h2-8,11,20H,10H2,1H3/t11-/m1/s1. The molecule has 0 saturated heterocycles. The molecule has 0 aliphatic carbocycles. The lowest BCUT2D eigenvalue weighted by atomic mass is 10.1. The van der Waals surface area contributed by atoms with Crippen LogP contribution in [-0.4, -0.2) is 0 Å². The van der Waals surface area contributed by atoms with Gasteiger partial charge in [-0.25, -0.2) is 8.78 Å². The number of hydrogen-bond acceptors (Lipinski definition) is 2. The molecule has 2 nitrogen and oxygen atoms in total. The van der Waals surface area contributed by atoms with E-state index in [9.17, 15) is 8.78 Å². The molecular weight excluding hydrogens is 258 g/mol. The van der Waals surface area contributed by atoms with Gasteiger partial charge < -0.3 is 5.32 Å². The van der Waals surface area contributed by atoms with Gasteiger partial charge in [0.1, 0.15) is 11.6 Å². The first-order valence-corrected chi connectivity index (χ1v) is 6.27. The Morgan fingerprint density at radius 1 is 1.15 bits per heavy atom. The Balaban J connectivity index is 2.01. The van der Waals surface area contributed by atoms with E-state index in [0.717, 1.165) is 11.6 Å². The fourth-order valence-electron chi connectivity index (χ4n) is 1.93. The first kappa shape index (κ1) is 14.2. The van der Waals surface area contributed by atoms with Crippen LogP contribution in [0, 0.1) is 23.0 Å². The Morgan fingerprint density at radius 2 is 1.85 bits per heavy atom. The van der Waals surface area contributed by atoms with Crippen molar-refractivity contribution in [1.82, 2.24) is 5.32 Å². The summed E-state index contributed by atoms with van der Waals surface area (Å²) in [6.45, 7) is 2.36. The highest BCUT2D eigenvalue weighted by molar-refractivity contribution is 5.31. The quantitative estimate of drug-likeness (QED) is 0.921. The molecule has 0 fully saturated rings. The molecule has 0 aromatic heterocycles. The fraction of sp³-hybridized carbons (Fsp3) is 0.188. The van der Waals surface area contributed by atoms with E-state index in [-0.39, 0.29) is 6.04 Å². The molecule has 1 N–H and O–H groups in total. The summed E-state index contributed by atoms with van der Waals surface area (Å²) in [5.41, 5.74) is 2.03. The van der Waals surface area contributed by atoms with Crippen molar-refractivity contribution < 1.29 is 8.78 Å². The molecule has 0 spiro atoms. The highest BCUT2D eigenvalue weighted by Gasteiger charge is 2.11. The molecule has 2 aromatic carbocycles. The molecule has 0 amide bonds. The number of halogens is 2. The molecule has 2 rings (SSSR count). The van der Waals surface area contributed by atoms with Crippen LogP contribution < -0.4 is 5.32 Å². The van der Waals surface area contributed by atoms with Gasteiger partial charge in [-0.15, -0.1) is 0 Å². The molecule has 0 bridgehead atoms. The molecular formula is C16H14F2N2. The average molecular weight is 272 g/mol. The van der Waals surface area contributed by atoms with E-state index < -0.39 is 11.6 Å². The number of hydrogen-bond donors (Lipinski definition) is 1. The molecule has 0 aliphatic heterocycles. The summed E-state index contributed by atoms with van der Waals surface area (Å²) in [4.78, 5) is 0. The minimum absolute atomic E-state index is 0.230. The summed E-state index contributed by atoms with van der Waals surface area (Å²) in [6.07, 6.45) is 0. The summed E-state index contributed by atoms with van der Waals surface area (Å²) in [7, 11) is 0. The lowest BCUT2D eigenvalue weighted by Crippen LogP contribution is -2.19. The summed E-state index contributed by atoms with van der Waals surface area (Å²) in [5.74, 6) is -1.13. The molecule has 20 heavy (non-hydrogen) atoms. The first-order valence-electron chi connectivity index (χ1n) is 6.27. The van der Waals surface area contributed by atoms with Gasteiger partial charge >= 0.3 is 0 Å². The van der Waals surface area contributed by atoms with Gasteiger partial charge in [0, 0.05) is 24.2 Å². The van der Waals surface area contributed by atoms with Crippen LogP contribution in [0.4, 0.5) is 8.78 Å². The average Bonchev–Trinajstić information content (AvgIpc) is 2.45. The van der Waals surface area contributed by atoms with Crippen LogP contribution in [0.3, 0.4) is 0 Å². The number of rotatable bonds is 4. The van der Waals surface area contributed by atoms with E-state index >= 15 is 0 Å². The Hall–Kier alpha value is -2.25. The normalized spacial score (nSPS) is 11.9. The SMILES string of the molecule is C[C@@H](NCc1ccc(C#N)cc1)c1ccc(F)cc1F. The van der Waals surface area contributed by atoms with Crippen molar-refractivity contribution in [2.45, 2.75) is 19.5 Å². The van der Waals surface area contributed by atoms with Gasteiger partial charge in [-0.2, -0.15) is 5.26 Å². The third kappa shape index (κ3) is 3.40. The Labute approximate surface area is 116 Å². The highest BCUT2D eigenvalue weighted by Crippen LogP contribution is 2.18. The van der Waals surface area contributed by atoms with E-state index in [1.165, 1.54) is 12.1 Å². The second kappa shape index (κ2) is 6.27. The van der Waals surface area contributed by atoms with Crippen LogP contribution in [0.2, 0.25) is 0 Å². The maximum absolute atomic E-state index is 13.6. The van der Waals surface area contributed by atoms with Gasteiger partial charge in [0.05, 0.1) is 11.6 Å². The molecule has 0 aliphatic rings. The van der Waals surface area contributed by atoms with Crippen LogP contribution in [0.25, 0.3) is 0 Å². The minimum atomic E-state index is -0.578. The summed E-state index contributed by atoms with van der Waals surface area (Å²) < 4.78 is 26.5. The van der Waals surface area contributed by atoms with Crippen molar-refractivity contribution in [2.24, 2.45) is 0 Å². The van der Waals surface area contributed by atoms with Crippen LogP contribution in [0.5, 0.6) is 0 Å². The summed E-state index contributed by atoms with van der Waals surface area (Å²) in [6, 6.07) is 12.6. The van der Waals surface area contributed by atoms with Gasteiger partial charge in [-0.1, -0.05) is 18.2 Å². The van der Waals surface area contributed by atoms with E-state index in [2.05, 4.69) is 11.4 Å². The third-order valence-electron chi connectivity index (χ3n) is 3.12. The van der Waals surface area contributed by atoms with Gasteiger partial charge in [0.15, 0.2) is 0 Å². The van der Waals surface area contributed by atoms with Gasteiger partial charge in [0.2, 0.25) is 0 Å². The zero-order valence-electron chi connectivity index (χ0n) is 11.0. The van der Waals surface area contributed by atoms with E-state index in [0.29, 0.717) is 17.7 Å². The molecule has 0 radical (unpaired) electrons. The van der Waals surface area contributed by atoms with Gasteiger partial charge in [-0.05, 0) is 30.7 Å². The predicted molar refractivity (Wildman–Crippen MR) is 72.8 cm³/mol. The fourth-order valence-corrected chi connectivity index (χ4v) is 1.93. The predicted octanol–water partition coefficient (Wildman–Crippen LogP) is 3.69. The topological polar surface area (TPSA) is 35.8 Å². The number of nitrogens with one attached hydrogen (secondary N) is 1. The molecule has 2 aromatic rings. The van der Waals surface area contributed by atoms with Crippen molar-refractivity contribution in [2.75, 3.05) is 0 Å². The van der Waals surface area contributed by atoms with Crippen molar-refractivity contribution in [3.05, 3.63) is 70.8 Å². The smallest absolute Gasteiger partial charge is 0.130 e. The van der Waals surface area contributed by atoms with Crippen LogP contribution in [0.15, 0.2) is 42.5 Å². The van der Waals surface area contributed by atoms with Crippen molar-refractivity contribution in [3.63, 3.8) is 0 Å². The third-order valence-corrected chi connectivity index (χ3v) is 3.12. The van der Waals surface area contributed by atoms with E-state index in [1.54, 1.807) is 12.1 Å². The van der Waals surface area contributed by atoms with E-state index in [4.69, 9.17) is 5.26 Å². The number of nitriles is 1. The Kier molecular flexibility index (Phi) is 4.44. The first-order chi connectivity index (χ1) is 9.60. The zero-order chi connectivity index (χ0) is 14.5. The second-order valence-electron chi connectivity index (χ2n) is 4.58. The molecule has 102 valence electrons. The highest BCUT2D eigenvalue weighted by atomic mass is 19.1. The minimum Gasteiger partial charge on any atom is -0.306 e. The number of nitrogens with zero attached hydrogens (tertiary/aromatic N) is 1. The van der Waals surface area contributed by atoms with Crippen LogP contribution >= 0.6 is 0 Å². The zero-order valence-corrected chi connectivity index (χ0v) is 11.0.